The van der Waals surface area contributed by atoms with Gasteiger partial charge in [0, 0.05) is 18.1 Å². The average Bonchev–Trinajstić information content (AvgIpc) is 2.99. The van der Waals surface area contributed by atoms with Crippen molar-refractivity contribution in [3.63, 3.8) is 0 Å². The number of carbonyl (C=O) groups excluding carboxylic acids is 1. The van der Waals surface area contributed by atoms with Gasteiger partial charge in [-0.3, -0.25) is 4.79 Å². The molecule has 1 heterocycles. The maximum atomic E-state index is 12.4. The van der Waals surface area contributed by atoms with E-state index in [0.29, 0.717) is 5.75 Å². The van der Waals surface area contributed by atoms with Crippen molar-refractivity contribution >= 4 is 24.0 Å². The summed E-state index contributed by atoms with van der Waals surface area (Å²) in [6.45, 7) is 1.91. The topological polar surface area (TPSA) is 90.1 Å². The lowest BCUT2D eigenvalue weighted by atomic mass is 9.98. The van der Waals surface area contributed by atoms with E-state index < -0.39 is 5.54 Å². The quantitative estimate of drug-likeness (QED) is 0.885. The number of amides is 1. The number of aromatic nitrogens is 2. The van der Waals surface area contributed by atoms with Crippen LogP contribution in [0.5, 0.6) is 11.8 Å². The zero-order valence-corrected chi connectivity index (χ0v) is 14.3. The number of nitrogens with one attached hydrogen (secondary N) is 1. The first kappa shape index (κ1) is 18.2. The molecule has 128 valence electrons. The normalized spacial score (nSPS) is 15.4. The Morgan fingerprint density at radius 2 is 1.92 bits per heavy atom. The lowest BCUT2D eigenvalue weighted by Crippen LogP contribution is -2.48. The first-order valence-electron chi connectivity index (χ1n) is 7.73. The molecule has 0 saturated heterocycles. The fourth-order valence-corrected chi connectivity index (χ4v) is 2.76. The van der Waals surface area contributed by atoms with E-state index in [9.17, 15) is 4.79 Å². The summed E-state index contributed by atoms with van der Waals surface area (Å²) in [5.41, 5.74) is 7.08. The van der Waals surface area contributed by atoms with E-state index >= 15 is 0 Å². The summed E-state index contributed by atoms with van der Waals surface area (Å²) in [5, 5.41) is 2.93. The molecule has 2 aromatic rings. The highest BCUT2D eigenvalue weighted by molar-refractivity contribution is 5.98. The van der Waals surface area contributed by atoms with Crippen LogP contribution in [0, 0.1) is 6.92 Å². The van der Waals surface area contributed by atoms with Gasteiger partial charge >= 0.3 is 6.01 Å². The molecule has 6 nitrogen and oxygen atoms in total. The minimum atomic E-state index is -0.737. The Morgan fingerprint density at radius 3 is 2.54 bits per heavy atom. The van der Waals surface area contributed by atoms with Crippen LogP contribution in [0.4, 0.5) is 5.69 Å². The summed E-state index contributed by atoms with van der Waals surface area (Å²) in [6, 6.07) is 7.43. The van der Waals surface area contributed by atoms with Crippen molar-refractivity contribution in [2.45, 2.75) is 38.1 Å². The van der Waals surface area contributed by atoms with E-state index in [1.165, 1.54) is 0 Å². The number of ether oxygens (including phenoxy) is 1. The fraction of sp³-hybridized carbons (Fsp3) is 0.353. The molecule has 0 aliphatic heterocycles. The summed E-state index contributed by atoms with van der Waals surface area (Å²) in [5.74, 6) is 0.508. The largest absolute Gasteiger partial charge is 0.424 e. The third kappa shape index (κ3) is 4.01. The first-order valence-corrected chi connectivity index (χ1v) is 7.73. The maximum Gasteiger partial charge on any atom is 0.321 e. The number of anilines is 1. The Balaban J connectivity index is 0.00000208. The molecular formula is C17H21ClN4O2. The van der Waals surface area contributed by atoms with Crippen molar-refractivity contribution in [2.24, 2.45) is 5.73 Å². The van der Waals surface area contributed by atoms with E-state index in [2.05, 4.69) is 15.3 Å². The van der Waals surface area contributed by atoms with Gasteiger partial charge in [0.2, 0.25) is 5.91 Å². The second-order valence-electron chi connectivity index (χ2n) is 5.93. The van der Waals surface area contributed by atoms with E-state index in [-0.39, 0.29) is 24.3 Å². The number of nitrogens with zero attached hydrogens (tertiary/aromatic N) is 2. The SMILES string of the molecule is Cc1cc(Oc2ncccn2)ccc1NC(=O)C1(N)CCCC1.Cl. The third-order valence-electron chi connectivity index (χ3n) is 4.15. The Bertz CT molecular complexity index is 703. The van der Waals surface area contributed by atoms with Crippen molar-refractivity contribution in [1.29, 1.82) is 0 Å². The minimum Gasteiger partial charge on any atom is -0.424 e. The van der Waals surface area contributed by atoms with Gasteiger partial charge in [0.1, 0.15) is 5.75 Å². The number of hydrogen-bond acceptors (Lipinski definition) is 5. The molecule has 0 spiro atoms. The van der Waals surface area contributed by atoms with Gasteiger partial charge in [0.05, 0.1) is 5.54 Å². The van der Waals surface area contributed by atoms with Gasteiger partial charge in [-0.1, -0.05) is 12.8 Å². The predicted octanol–water partition coefficient (Wildman–Crippen LogP) is 3.21. The molecule has 0 unspecified atom stereocenters. The zero-order chi connectivity index (χ0) is 16.3. The second kappa shape index (κ2) is 7.59. The van der Waals surface area contributed by atoms with Gasteiger partial charge in [0.15, 0.2) is 0 Å². The molecule has 1 aromatic carbocycles. The molecule has 3 N–H and O–H groups in total. The van der Waals surface area contributed by atoms with Gasteiger partial charge in [0.25, 0.3) is 0 Å². The van der Waals surface area contributed by atoms with Gasteiger partial charge in [-0.2, -0.15) is 0 Å². The molecular weight excluding hydrogens is 328 g/mol. The fourth-order valence-electron chi connectivity index (χ4n) is 2.76. The lowest BCUT2D eigenvalue weighted by Gasteiger charge is -2.23. The number of halogens is 1. The highest BCUT2D eigenvalue weighted by Crippen LogP contribution is 2.30. The number of carbonyl (C=O) groups is 1. The zero-order valence-electron chi connectivity index (χ0n) is 13.5. The van der Waals surface area contributed by atoms with Gasteiger partial charge in [-0.05, 0) is 49.6 Å². The number of benzene rings is 1. The van der Waals surface area contributed by atoms with Crippen LogP contribution in [0.3, 0.4) is 0 Å². The maximum absolute atomic E-state index is 12.4. The molecule has 1 aliphatic carbocycles. The van der Waals surface area contributed by atoms with Crippen LogP contribution in [0.1, 0.15) is 31.2 Å². The molecule has 0 bridgehead atoms. The van der Waals surface area contributed by atoms with Gasteiger partial charge < -0.3 is 15.8 Å². The molecule has 1 fully saturated rings. The third-order valence-corrected chi connectivity index (χ3v) is 4.15. The predicted molar refractivity (Wildman–Crippen MR) is 94.5 cm³/mol. The average molecular weight is 349 g/mol. The Morgan fingerprint density at radius 1 is 1.25 bits per heavy atom. The van der Waals surface area contributed by atoms with Crippen LogP contribution in [0.2, 0.25) is 0 Å². The van der Waals surface area contributed by atoms with Crippen LogP contribution >= 0.6 is 12.4 Å². The summed E-state index contributed by atoms with van der Waals surface area (Å²) in [4.78, 5) is 20.4. The standard InChI is InChI=1S/C17H20N4O2.ClH/c1-12-11-13(23-16-19-9-4-10-20-16)5-6-14(12)21-15(22)17(18)7-2-3-8-17;/h4-6,9-11H,2-3,7-8,18H2,1H3,(H,21,22);1H. The van der Waals surface area contributed by atoms with Crippen molar-refractivity contribution in [3.05, 3.63) is 42.2 Å². The van der Waals surface area contributed by atoms with E-state index in [1.54, 1.807) is 24.5 Å². The van der Waals surface area contributed by atoms with Crippen LogP contribution in [-0.2, 0) is 4.79 Å². The van der Waals surface area contributed by atoms with Gasteiger partial charge in [-0.15, -0.1) is 12.4 Å². The van der Waals surface area contributed by atoms with Crippen molar-refractivity contribution in [3.8, 4) is 11.8 Å². The molecule has 1 aliphatic rings. The highest BCUT2D eigenvalue weighted by atomic mass is 35.5. The minimum absolute atomic E-state index is 0. The molecule has 0 atom stereocenters. The smallest absolute Gasteiger partial charge is 0.321 e. The molecule has 3 rings (SSSR count). The van der Waals surface area contributed by atoms with Gasteiger partial charge in [-0.25, -0.2) is 9.97 Å². The first-order chi connectivity index (χ1) is 11.1. The van der Waals surface area contributed by atoms with Crippen LogP contribution in [-0.4, -0.2) is 21.4 Å². The van der Waals surface area contributed by atoms with E-state index in [4.69, 9.17) is 10.5 Å². The molecule has 7 heteroatoms. The molecule has 0 radical (unpaired) electrons. The van der Waals surface area contributed by atoms with Crippen LogP contribution < -0.4 is 15.8 Å². The molecule has 1 amide bonds. The highest BCUT2D eigenvalue weighted by Gasteiger charge is 2.37. The lowest BCUT2D eigenvalue weighted by molar-refractivity contribution is -0.121. The van der Waals surface area contributed by atoms with Crippen LogP contribution in [0.15, 0.2) is 36.7 Å². The van der Waals surface area contributed by atoms with E-state index in [1.807, 2.05) is 19.1 Å². The summed E-state index contributed by atoms with van der Waals surface area (Å²) in [6.07, 6.45) is 6.73. The molecule has 1 aromatic heterocycles. The van der Waals surface area contributed by atoms with Crippen molar-refractivity contribution in [1.82, 2.24) is 9.97 Å². The molecule has 24 heavy (non-hydrogen) atoms. The number of rotatable bonds is 4. The summed E-state index contributed by atoms with van der Waals surface area (Å²) < 4.78 is 5.58. The van der Waals surface area contributed by atoms with E-state index in [0.717, 1.165) is 36.9 Å². The van der Waals surface area contributed by atoms with Crippen molar-refractivity contribution in [2.75, 3.05) is 5.32 Å². The summed E-state index contributed by atoms with van der Waals surface area (Å²) in [7, 11) is 0. The molecule has 1 saturated carbocycles. The Kier molecular flexibility index (Phi) is 5.75. The number of aryl methyl sites for hydroxylation is 1. The Labute approximate surface area is 147 Å². The monoisotopic (exact) mass is 348 g/mol. The van der Waals surface area contributed by atoms with Crippen molar-refractivity contribution < 1.29 is 9.53 Å². The van der Waals surface area contributed by atoms with Crippen LogP contribution in [0.25, 0.3) is 0 Å². The summed E-state index contributed by atoms with van der Waals surface area (Å²) >= 11 is 0. The second-order valence-corrected chi connectivity index (χ2v) is 5.93. The number of hydrogen-bond donors (Lipinski definition) is 2. The number of nitrogens with two attached hydrogens (primary N) is 1. The Hall–Kier alpha value is -2.18.